The van der Waals surface area contributed by atoms with Crippen LogP contribution in [0.15, 0.2) is 30.3 Å². The highest BCUT2D eigenvalue weighted by Crippen LogP contribution is 2.29. The van der Waals surface area contributed by atoms with Crippen LogP contribution in [0.25, 0.3) is 0 Å². The molecule has 1 aliphatic heterocycles. The van der Waals surface area contributed by atoms with E-state index in [-0.39, 0.29) is 24.2 Å². The van der Waals surface area contributed by atoms with E-state index in [1.165, 1.54) is 5.56 Å². The van der Waals surface area contributed by atoms with Crippen LogP contribution in [0.4, 0.5) is 0 Å². The molecule has 2 rings (SSSR count). The zero-order valence-corrected chi connectivity index (χ0v) is 14.1. The summed E-state index contributed by atoms with van der Waals surface area (Å²) in [6.07, 6.45) is 2.36. The van der Waals surface area contributed by atoms with E-state index in [4.69, 9.17) is 5.11 Å². The second kappa shape index (κ2) is 8.14. The maximum atomic E-state index is 12.6. The van der Waals surface area contributed by atoms with Gasteiger partial charge in [-0.2, -0.15) is 0 Å². The van der Waals surface area contributed by atoms with Crippen LogP contribution < -0.4 is 0 Å². The Bertz CT molecular complexity index is 519. The van der Waals surface area contributed by atoms with Crippen molar-refractivity contribution in [2.75, 3.05) is 13.1 Å². The third-order valence-corrected chi connectivity index (χ3v) is 4.86. The first-order valence-corrected chi connectivity index (χ1v) is 8.52. The van der Waals surface area contributed by atoms with Crippen molar-refractivity contribution in [3.63, 3.8) is 0 Å². The summed E-state index contributed by atoms with van der Waals surface area (Å²) in [6, 6.07) is 10.2. The van der Waals surface area contributed by atoms with Crippen molar-refractivity contribution in [2.45, 2.75) is 45.4 Å². The first-order chi connectivity index (χ1) is 11.0. The van der Waals surface area contributed by atoms with Gasteiger partial charge in [0.25, 0.3) is 0 Å². The molecule has 1 heterocycles. The maximum absolute atomic E-state index is 12.6. The van der Waals surface area contributed by atoms with Crippen LogP contribution in [0.3, 0.4) is 0 Å². The van der Waals surface area contributed by atoms with Crippen molar-refractivity contribution in [1.29, 1.82) is 0 Å². The Kier molecular flexibility index (Phi) is 6.20. The number of piperidine rings is 1. The minimum Gasteiger partial charge on any atom is -0.481 e. The molecule has 1 N–H and O–H groups in total. The van der Waals surface area contributed by atoms with Crippen molar-refractivity contribution < 1.29 is 14.7 Å². The van der Waals surface area contributed by atoms with Gasteiger partial charge in [-0.25, -0.2) is 0 Å². The minimum absolute atomic E-state index is 0.196. The molecule has 0 radical (unpaired) electrons. The highest BCUT2D eigenvalue weighted by atomic mass is 16.4. The van der Waals surface area contributed by atoms with Crippen LogP contribution in [0.1, 0.15) is 51.0 Å². The lowest BCUT2D eigenvalue weighted by molar-refractivity contribution is -0.138. The van der Waals surface area contributed by atoms with Gasteiger partial charge in [0, 0.05) is 25.9 Å². The van der Waals surface area contributed by atoms with E-state index in [1.807, 2.05) is 23.1 Å². The molecule has 1 atom stereocenters. The van der Waals surface area contributed by atoms with E-state index in [0.717, 1.165) is 12.8 Å². The van der Waals surface area contributed by atoms with E-state index < -0.39 is 5.97 Å². The van der Waals surface area contributed by atoms with Gasteiger partial charge in [-0.1, -0.05) is 44.2 Å². The molecule has 1 aromatic carbocycles. The van der Waals surface area contributed by atoms with Gasteiger partial charge in [-0.15, -0.1) is 0 Å². The zero-order valence-electron chi connectivity index (χ0n) is 14.1. The topological polar surface area (TPSA) is 57.6 Å². The van der Waals surface area contributed by atoms with Crippen LogP contribution in [-0.4, -0.2) is 35.0 Å². The van der Waals surface area contributed by atoms with Gasteiger partial charge >= 0.3 is 5.97 Å². The second-order valence-corrected chi connectivity index (χ2v) is 6.89. The molecule has 0 spiro atoms. The van der Waals surface area contributed by atoms with E-state index in [1.54, 1.807) is 0 Å². The number of carbonyl (C=O) groups is 2. The summed E-state index contributed by atoms with van der Waals surface area (Å²) in [5.41, 5.74) is 1.22. The fourth-order valence-corrected chi connectivity index (χ4v) is 3.39. The second-order valence-electron chi connectivity index (χ2n) is 6.89. The quantitative estimate of drug-likeness (QED) is 0.873. The number of aliphatic carboxylic acids is 1. The first kappa shape index (κ1) is 17.5. The predicted molar refractivity (Wildman–Crippen MR) is 90.2 cm³/mol. The molecule has 1 aliphatic rings. The molecule has 1 amide bonds. The maximum Gasteiger partial charge on any atom is 0.303 e. The molecule has 4 heteroatoms. The molecule has 23 heavy (non-hydrogen) atoms. The zero-order chi connectivity index (χ0) is 16.8. The third kappa shape index (κ3) is 5.08. The molecule has 0 aliphatic carbocycles. The van der Waals surface area contributed by atoms with Crippen molar-refractivity contribution in [3.05, 3.63) is 35.9 Å². The fourth-order valence-electron chi connectivity index (χ4n) is 3.39. The SMILES string of the molecule is CC(C)C(CC(=O)N1CCC(CC(=O)O)CC1)c1ccccc1. The average Bonchev–Trinajstić information content (AvgIpc) is 2.53. The summed E-state index contributed by atoms with van der Waals surface area (Å²) in [7, 11) is 0. The predicted octanol–water partition coefficient (Wildman–Crippen LogP) is 3.53. The Balaban J connectivity index is 1.92. The van der Waals surface area contributed by atoms with E-state index in [0.29, 0.717) is 25.4 Å². The molecule has 4 nitrogen and oxygen atoms in total. The van der Waals surface area contributed by atoms with Gasteiger partial charge in [0.1, 0.15) is 0 Å². The van der Waals surface area contributed by atoms with Crippen LogP contribution in [0.5, 0.6) is 0 Å². The largest absolute Gasteiger partial charge is 0.481 e. The number of carbonyl (C=O) groups excluding carboxylic acids is 1. The summed E-state index contributed by atoms with van der Waals surface area (Å²) in [6.45, 7) is 5.70. The van der Waals surface area contributed by atoms with Gasteiger partial charge in [0.05, 0.1) is 0 Å². The molecule has 1 fully saturated rings. The van der Waals surface area contributed by atoms with Gasteiger partial charge in [-0.3, -0.25) is 9.59 Å². The van der Waals surface area contributed by atoms with Gasteiger partial charge in [0.15, 0.2) is 0 Å². The monoisotopic (exact) mass is 317 g/mol. The van der Waals surface area contributed by atoms with Gasteiger partial charge in [0.2, 0.25) is 5.91 Å². The number of rotatable bonds is 6. The molecular weight excluding hydrogens is 290 g/mol. The Morgan fingerprint density at radius 1 is 1.17 bits per heavy atom. The lowest BCUT2D eigenvalue weighted by atomic mass is 9.85. The van der Waals surface area contributed by atoms with Crippen molar-refractivity contribution in [2.24, 2.45) is 11.8 Å². The van der Waals surface area contributed by atoms with Crippen molar-refractivity contribution in [3.8, 4) is 0 Å². The standard InChI is InChI=1S/C19H27NO3/c1-14(2)17(16-6-4-3-5-7-16)13-18(21)20-10-8-15(9-11-20)12-19(22)23/h3-7,14-15,17H,8-13H2,1-2H3,(H,22,23). The smallest absolute Gasteiger partial charge is 0.303 e. The number of likely N-dealkylation sites (tertiary alicyclic amines) is 1. The van der Waals surface area contributed by atoms with Gasteiger partial charge < -0.3 is 10.0 Å². The summed E-state index contributed by atoms with van der Waals surface area (Å²) in [5.74, 6) is 0.318. The number of amides is 1. The molecule has 0 bridgehead atoms. The molecule has 1 saturated heterocycles. The number of hydrogen-bond acceptors (Lipinski definition) is 2. The molecule has 1 unspecified atom stereocenters. The number of hydrogen-bond donors (Lipinski definition) is 1. The minimum atomic E-state index is -0.737. The highest BCUT2D eigenvalue weighted by molar-refractivity contribution is 5.77. The number of carboxylic acids is 1. The number of carboxylic acid groups (broad SMARTS) is 1. The lowest BCUT2D eigenvalue weighted by Crippen LogP contribution is -2.39. The summed E-state index contributed by atoms with van der Waals surface area (Å²) in [4.78, 5) is 25.3. The van der Waals surface area contributed by atoms with E-state index in [2.05, 4.69) is 26.0 Å². The Labute approximate surface area is 138 Å². The van der Waals surface area contributed by atoms with Crippen molar-refractivity contribution >= 4 is 11.9 Å². The summed E-state index contributed by atoms with van der Waals surface area (Å²) >= 11 is 0. The van der Waals surface area contributed by atoms with Crippen LogP contribution in [0.2, 0.25) is 0 Å². The van der Waals surface area contributed by atoms with E-state index in [9.17, 15) is 9.59 Å². The van der Waals surface area contributed by atoms with Crippen LogP contribution in [0, 0.1) is 11.8 Å². The molecular formula is C19H27NO3. The lowest BCUT2D eigenvalue weighted by Gasteiger charge is -2.33. The van der Waals surface area contributed by atoms with Gasteiger partial charge in [-0.05, 0) is 36.2 Å². The third-order valence-electron chi connectivity index (χ3n) is 4.86. The van der Waals surface area contributed by atoms with Crippen molar-refractivity contribution in [1.82, 2.24) is 4.90 Å². The Morgan fingerprint density at radius 3 is 2.30 bits per heavy atom. The Morgan fingerprint density at radius 2 is 1.78 bits per heavy atom. The average molecular weight is 317 g/mol. The normalized spacial score (nSPS) is 17.3. The first-order valence-electron chi connectivity index (χ1n) is 8.52. The number of benzene rings is 1. The molecule has 126 valence electrons. The van der Waals surface area contributed by atoms with E-state index >= 15 is 0 Å². The van der Waals surface area contributed by atoms with Crippen LogP contribution in [-0.2, 0) is 9.59 Å². The molecule has 0 saturated carbocycles. The summed E-state index contributed by atoms with van der Waals surface area (Å²) < 4.78 is 0. The fraction of sp³-hybridized carbons (Fsp3) is 0.579. The Hall–Kier alpha value is -1.84. The number of nitrogens with zero attached hydrogens (tertiary/aromatic N) is 1. The van der Waals surface area contributed by atoms with Crippen LogP contribution >= 0.6 is 0 Å². The summed E-state index contributed by atoms with van der Waals surface area (Å²) in [5, 5.41) is 8.87. The highest BCUT2D eigenvalue weighted by Gasteiger charge is 2.27. The molecule has 0 aromatic heterocycles. The molecule has 1 aromatic rings.